The highest BCUT2D eigenvalue weighted by Crippen LogP contribution is 2.32. The van der Waals surface area contributed by atoms with E-state index in [0.29, 0.717) is 29.3 Å². The number of benzene rings is 2. The predicted octanol–water partition coefficient (Wildman–Crippen LogP) is 4.32. The lowest BCUT2D eigenvalue weighted by Crippen LogP contribution is -2.35. The summed E-state index contributed by atoms with van der Waals surface area (Å²) in [6.07, 6.45) is 5.41. The van der Waals surface area contributed by atoms with Crippen molar-refractivity contribution in [3.8, 4) is 11.1 Å². The van der Waals surface area contributed by atoms with Crippen LogP contribution < -0.4 is 5.73 Å². The molecule has 1 saturated heterocycles. The molecule has 0 radical (unpaired) electrons. The van der Waals surface area contributed by atoms with Gasteiger partial charge in [-0.1, -0.05) is 24.3 Å². The van der Waals surface area contributed by atoms with E-state index < -0.39 is 0 Å². The van der Waals surface area contributed by atoms with E-state index in [1.165, 1.54) is 6.42 Å². The maximum Gasteiger partial charge on any atom is 0.334 e. The number of ether oxygens (including phenoxy) is 1. The van der Waals surface area contributed by atoms with Crippen molar-refractivity contribution in [2.45, 2.75) is 32.6 Å². The number of carbonyl (C=O) groups is 2. The van der Waals surface area contributed by atoms with Gasteiger partial charge in [0.1, 0.15) is 5.84 Å². The first-order valence-electron chi connectivity index (χ1n) is 10.8. The van der Waals surface area contributed by atoms with Crippen molar-refractivity contribution < 1.29 is 14.3 Å². The predicted molar refractivity (Wildman–Crippen MR) is 122 cm³/mol. The van der Waals surface area contributed by atoms with Gasteiger partial charge >= 0.3 is 5.97 Å². The van der Waals surface area contributed by atoms with Crippen LogP contribution in [0.25, 0.3) is 17.2 Å². The van der Waals surface area contributed by atoms with E-state index in [2.05, 4.69) is 4.99 Å². The van der Waals surface area contributed by atoms with Crippen LogP contribution in [0.3, 0.4) is 0 Å². The van der Waals surface area contributed by atoms with E-state index in [0.717, 1.165) is 42.6 Å². The fourth-order valence-electron chi connectivity index (χ4n) is 4.01. The SMILES string of the molecule is CCOC(=O)C1=Cc2ccc(-c3ccc(C(=O)N4CCCCC4)cc3)cc2N=C(N)C1. The van der Waals surface area contributed by atoms with Crippen LogP contribution in [0.4, 0.5) is 5.69 Å². The number of hydrogen-bond acceptors (Lipinski definition) is 5. The summed E-state index contributed by atoms with van der Waals surface area (Å²) in [5, 5.41) is 0. The van der Waals surface area contributed by atoms with Gasteiger partial charge in [0, 0.05) is 36.2 Å². The van der Waals surface area contributed by atoms with Gasteiger partial charge in [-0.15, -0.1) is 0 Å². The van der Waals surface area contributed by atoms with E-state index >= 15 is 0 Å². The summed E-state index contributed by atoms with van der Waals surface area (Å²) in [6, 6.07) is 13.6. The number of amidine groups is 1. The molecular weight excluding hydrogens is 390 g/mol. The summed E-state index contributed by atoms with van der Waals surface area (Å²) < 4.78 is 5.12. The maximum atomic E-state index is 12.7. The van der Waals surface area contributed by atoms with Crippen molar-refractivity contribution in [1.29, 1.82) is 0 Å². The Hall–Kier alpha value is -3.41. The molecule has 1 amide bonds. The van der Waals surface area contributed by atoms with Crippen LogP contribution in [0, 0.1) is 0 Å². The Morgan fingerprint density at radius 1 is 1.03 bits per heavy atom. The van der Waals surface area contributed by atoms with Crippen molar-refractivity contribution in [2.24, 2.45) is 10.7 Å². The van der Waals surface area contributed by atoms with Crippen LogP contribution in [-0.4, -0.2) is 42.3 Å². The van der Waals surface area contributed by atoms with Crippen LogP contribution in [0.15, 0.2) is 53.0 Å². The molecule has 6 nitrogen and oxygen atoms in total. The monoisotopic (exact) mass is 417 g/mol. The van der Waals surface area contributed by atoms with E-state index in [-0.39, 0.29) is 18.3 Å². The molecule has 0 aliphatic carbocycles. The molecule has 0 spiro atoms. The van der Waals surface area contributed by atoms with Gasteiger partial charge < -0.3 is 15.4 Å². The third-order valence-electron chi connectivity index (χ3n) is 5.64. The van der Waals surface area contributed by atoms with Gasteiger partial charge in [0.15, 0.2) is 0 Å². The Labute approximate surface area is 182 Å². The van der Waals surface area contributed by atoms with Crippen LogP contribution in [0.5, 0.6) is 0 Å². The number of fused-ring (bicyclic) bond motifs is 1. The molecule has 0 atom stereocenters. The number of esters is 1. The largest absolute Gasteiger partial charge is 0.463 e. The molecule has 2 aromatic carbocycles. The number of hydrogen-bond donors (Lipinski definition) is 1. The standard InChI is InChI=1S/C25H27N3O3/c1-2-31-25(30)21-14-20-11-10-19(15-22(20)27-23(26)16-21)17-6-8-18(9-7-17)24(29)28-12-4-3-5-13-28/h6-11,14-15H,2-5,12-13,16H2,1H3,(H2,26,27). The summed E-state index contributed by atoms with van der Waals surface area (Å²) in [5.74, 6) is 0.103. The van der Waals surface area contributed by atoms with Gasteiger partial charge in [0.05, 0.1) is 12.3 Å². The molecule has 0 bridgehead atoms. The topological polar surface area (TPSA) is 85.0 Å². The average molecular weight is 418 g/mol. The lowest BCUT2D eigenvalue weighted by molar-refractivity contribution is -0.138. The molecule has 2 aliphatic heterocycles. The number of amides is 1. The summed E-state index contributed by atoms with van der Waals surface area (Å²) in [5.41, 5.74) is 10.8. The lowest BCUT2D eigenvalue weighted by atomic mass is 9.99. The summed E-state index contributed by atoms with van der Waals surface area (Å²) in [4.78, 5) is 31.3. The fraction of sp³-hybridized carbons (Fsp3) is 0.320. The Morgan fingerprint density at radius 3 is 2.45 bits per heavy atom. The minimum Gasteiger partial charge on any atom is -0.463 e. The molecule has 0 unspecified atom stereocenters. The van der Waals surface area contributed by atoms with Gasteiger partial charge in [-0.25, -0.2) is 9.79 Å². The summed E-state index contributed by atoms with van der Waals surface area (Å²) in [7, 11) is 0. The smallest absolute Gasteiger partial charge is 0.334 e. The first-order valence-corrected chi connectivity index (χ1v) is 10.8. The van der Waals surface area contributed by atoms with Gasteiger partial charge in [0.25, 0.3) is 5.91 Å². The Balaban J connectivity index is 1.58. The number of aliphatic imine (C=N–C) groups is 1. The molecule has 2 heterocycles. The van der Waals surface area contributed by atoms with Crippen LogP contribution in [-0.2, 0) is 9.53 Å². The summed E-state index contributed by atoms with van der Waals surface area (Å²) >= 11 is 0. The molecule has 2 N–H and O–H groups in total. The molecular formula is C25H27N3O3. The average Bonchev–Trinajstić information content (AvgIpc) is 2.97. The second-order valence-electron chi connectivity index (χ2n) is 7.87. The minimum atomic E-state index is -0.369. The van der Waals surface area contributed by atoms with Crippen molar-refractivity contribution in [3.05, 3.63) is 59.2 Å². The number of nitrogens with zero attached hydrogens (tertiary/aromatic N) is 2. The molecule has 0 aromatic heterocycles. The zero-order valence-corrected chi connectivity index (χ0v) is 17.8. The zero-order chi connectivity index (χ0) is 21.8. The molecule has 2 aromatic rings. The molecule has 0 saturated carbocycles. The second-order valence-corrected chi connectivity index (χ2v) is 7.87. The maximum absolute atomic E-state index is 12.7. The van der Waals surface area contributed by atoms with Gasteiger partial charge in [0.2, 0.25) is 0 Å². The minimum absolute atomic E-state index is 0.0992. The first kappa shape index (κ1) is 20.8. The highest BCUT2D eigenvalue weighted by Gasteiger charge is 2.19. The number of nitrogens with two attached hydrogens (primary N) is 1. The molecule has 160 valence electrons. The molecule has 4 rings (SSSR count). The molecule has 31 heavy (non-hydrogen) atoms. The number of carbonyl (C=O) groups excluding carboxylic acids is 2. The van der Waals surface area contributed by atoms with E-state index in [1.54, 1.807) is 13.0 Å². The number of rotatable bonds is 4. The van der Waals surface area contributed by atoms with Gasteiger partial charge in [-0.3, -0.25) is 4.79 Å². The van der Waals surface area contributed by atoms with Gasteiger partial charge in [-0.05, 0) is 61.6 Å². The number of likely N-dealkylation sites (tertiary alicyclic amines) is 1. The van der Waals surface area contributed by atoms with Crippen LogP contribution in [0.2, 0.25) is 0 Å². The Kier molecular flexibility index (Phi) is 6.16. The zero-order valence-electron chi connectivity index (χ0n) is 17.8. The van der Waals surface area contributed by atoms with Crippen molar-refractivity contribution in [1.82, 2.24) is 4.90 Å². The van der Waals surface area contributed by atoms with Crippen LogP contribution in [0.1, 0.15) is 48.5 Å². The van der Waals surface area contributed by atoms with Crippen molar-refractivity contribution >= 4 is 29.5 Å². The highest BCUT2D eigenvalue weighted by atomic mass is 16.5. The number of piperidine rings is 1. The van der Waals surface area contributed by atoms with Crippen LogP contribution >= 0.6 is 0 Å². The van der Waals surface area contributed by atoms with Gasteiger partial charge in [-0.2, -0.15) is 0 Å². The highest BCUT2D eigenvalue weighted by molar-refractivity contribution is 6.03. The third-order valence-corrected chi connectivity index (χ3v) is 5.64. The molecule has 2 aliphatic rings. The normalized spacial score (nSPS) is 16.0. The summed E-state index contributed by atoms with van der Waals surface area (Å²) in [6.45, 7) is 3.77. The van der Waals surface area contributed by atoms with E-state index in [9.17, 15) is 9.59 Å². The molecule has 6 heteroatoms. The quantitative estimate of drug-likeness (QED) is 0.751. The van der Waals surface area contributed by atoms with Crippen molar-refractivity contribution in [3.63, 3.8) is 0 Å². The van der Waals surface area contributed by atoms with E-state index in [4.69, 9.17) is 10.5 Å². The fourth-order valence-corrected chi connectivity index (χ4v) is 4.01. The Bertz CT molecular complexity index is 1050. The lowest BCUT2D eigenvalue weighted by Gasteiger charge is -2.26. The van der Waals surface area contributed by atoms with Crippen molar-refractivity contribution in [2.75, 3.05) is 19.7 Å². The Morgan fingerprint density at radius 2 is 1.74 bits per heavy atom. The first-order chi connectivity index (χ1) is 15.0. The third kappa shape index (κ3) is 4.68. The molecule has 1 fully saturated rings. The second kappa shape index (κ2) is 9.16. The van der Waals surface area contributed by atoms with E-state index in [1.807, 2.05) is 47.4 Å².